The van der Waals surface area contributed by atoms with Crippen LogP contribution in [0.25, 0.3) is 0 Å². The second-order valence-corrected chi connectivity index (χ2v) is 3.84. The minimum absolute atomic E-state index is 0.315. The molecular formula is C13H19NO3. The standard InChI is InChI=1S/C13H19NO3/c1-3-17-13(16)12(10(2)15)14-9-11-7-5-4-6-8-11/h4-8,10,12,14-15H,3,9H2,1-2H3/t10-,12+/m1/s1. The van der Waals surface area contributed by atoms with Crippen LogP contribution in [0.15, 0.2) is 30.3 Å². The molecule has 0 fully saturated rings. The third-order valence-corrected chi connectivity index (χ3v) is 2.39. The number of benzene rings is 1. The Kier molecular flexibility index (Phi) is 5.66. The molecule has 2 atom stereocenters. The van der Waals surface area contributed by atoms with Crippen molar-refractivity contribution in [3.8, 4) is 0 Å². The van der Waals surface area contributed by atoms with Crippen LogP contribution in [0, 0.1) is 0 Å². The number of carbonyl (C=O) groups is 1. The minimum Gasteiger partial charge on any atom is -0.465 e. The number of carbonyl (C=O) groups excluding carboxylic acids is 1. The predicted octanol–water partition coefficient (Wildman–Crippen LogP) is 1.09. The van der Waals surface area contributed by atoms with E-state index in [2.05, 4.69) is 5.32 Å². The second-order valence-electron chi connectivity index (χ2n) is 3.84. The smallest absolute Gasteiger partial charge is 0.325 e. The maximum absolute atomic E-state index is 11.6. The van der Waals surface area contributed by atoms with Gasteiger partial charge in [0.05, 0.1) is 12.7 Å². The van der Waals surface area contributed by atoms with Gasteiger partial charge in [0.25, 0.3) is 0 Å². The summed E-state index contributed by atoms with van der Waals surface area (Å²) in [6.45, 7) is 4.15. The topological polar surface area (TPSA) is 58.6 Å². The van der Waals surface area contributed by atoms with Crippen LogP contribution in [-0.2, 0) is 16.1 Å². The summed E-state index contributed by atoms with van der Waals surface area (Å²) in [5.74, 6) is -0.418. The first-order valence-corrected chi connectivity index (χ1v) is 5.77. The van der Waals surface area contributed by atoms with Crippen LogP contribution < -0.4 is 5.32 Å². The Bertz CT molecular complexity index is 338. The van der Waals surface area contributed by atoms with E-state index >= 15 is 0 Å². The molecule has 0 saturated carbocycles. The van der Waals surface area contributed by atoms with Gasteiger partial charge in [0, 0.05) is 6.54 Å². The van der Waals surface area contributed by atoms with E-state index in [9.17, 15) is 9.90 Å². The lowest BCUT2D eigenvalue weighted by atomic mass is 10.1. The van der Waals surface area contributed by atoms with Gasteiger partial charge in [-0.15, -0.1) is 0 Å². The SMILES string of the molecule is CCOC(=O)[C@@H](NCc1ccccc1)[C@@H](C)O. The van der Waals surface area contributed by atoms with Crippen molar-refractivity contribution in [1.82, 2.24) is 5.32 Å². The van der Waals surface area contributed by atoms with Crippen molar-refractivity contribution >= 4 is 5.97 Å². The quantitative estimate of drug-likeness (QED) is 0.727. The molecule has 0 aromatic heterocycles. The molecule has 0 aliphatic carbocycles. The molecule has 0 aliphatic heterocycles. The lowest BCUT2D eigenvalue weighted by molar-refractivity contribution is -0.148. The first-order valence-electron chi connectivity index (χ1n) is 5.77. The Balaban J connectivity index is 2.53. The summed E-state index contributed by atoms with van der Waals surface area (Å²) < 4.78 is 4.89. The molecule has 94 valence electrons. The zero-order valence-corrected chi connectivity index (χ0v) is 10.2. The lowest BCUT2D eigenvalue weighted by Gasteiger charge is -2.19. The molecule has 0 heterocycles. The van der Waals surface area contributed by atoms with Gasteiger partial charge in [0.1, 0.15) is 6.04 Å². The highest BCUT2D eigenvalue weighted by Crippen LogP contribution is 2.02. The molecule has 0 radical (unpaired) electrons. The van der Waals surface area contributed by atoms with Gasteiger partial charge in [-0.2, -0.15) is 0 Å². The van der Waals surface area contributed by atoms with Crippen molar-refractivity contribution in [3.63, 3.8) is 0 Å². The first-order chi connectivity index (χ1) is 8.15. The average Bonchev–Trinajstić information content (AvgIpc) is 2.30. The average molecular weight is 237 g/mol. The van der Waals surface area contributed by atoms with Gasteiger partial charge in [-0.25, -0.2) is 0 Å². The van der Waals surface area contributed by atoms with E-state index in [0.29, 0.717) is 13.2 Å². The van der Waals surface area contributed by atoms with Crippen LogP contribution >= 0.6 is 0 Å². The molecule has 1 aromatic carbocycles. The summed E-state index contributed by atoms with van der Waals surface area (Å²) in [4.78, 5) is 11.6. The summed E-state index contributed by atoms with van der Waals surface area (Å²) in [7, 11) is 0. The summed E-state index contributed by atoms with van der Waals surface area (Å²) in [6, 6.07) is 9.02. The molecule has 17 heavy (non-hydrogen) atoms. The number of hydrogen-bond donors (Lipinski definition) is 2. The van der Waals surface area contributed by atoms with E-state index in [4.69, 9.17) is 4.74 Å². The molecule has 0 saturated heterocycles. The Labute approximate surface area is 102 Å². The highest BCUT2D eigenvalue weighted by molar-refractivity contribution is 5.76. The first kappa shape index (κ1) is 13.7. The van der Waals surface area contributed by atoms with Crippen molar-refractivity contribution in [1.29, 1.82) is 0 Å². The number of nitrogens with one attached hydrogen (secondary N) is 1. The number of hydrogen-bond acceptors (Lipinski definition) is 4. The van der Waals surface area contributed by atoms with E-state index in [1.54, 1.807) is 13.8 Å². The molecule has 0 unspecified atom stereocenters. The fourth-order valence-corrected chi connectivity index (χ4v) is 1.51. The number of aliphatic hydroxyl groups excluding tert-OH is 1. The summed E-state index contributed by atoms with van der Waals surface area (Å²) in [5, 5.41) is 12.5. The Morgan fingerprint density at radius 3 is 2.59 bits per heavy atom. The van der Waals surface area contributed by atoms with Crippen LogP contribution in [0.1, 0.15) is 19.4 Å². The van der Waals surface area contributed by atoms with E-state index in [1.807, 2.05) is 30.3 Å². The Hall–Kier alpha value is -1.39. The Morgan fingerprint density at radius 2 is 2.06 bits per heavy atom. The van der Waals surface area contributed by atoms with Crippen LogP contribution in [0.4, 0.5) is 0 Å². The van der Waals surface area contributed by atoms with Gasteiger partial charge < -0.3 is 9.84 Å². The molecule has 1 aromatic rings. The van der Waals surface area contributed by atoms with E-state index in [0.717, 1.165) is 5.56 Å². The highest BCUT2D eigenvalue weighted by Gasteiger charge is 2.24. The minimum atomic E-state index is -0.780. The van der Waals surface area contributed by atoms with Gasteiger partial charge in [-0.1, -0.05) is 30.3 Å². The van der Waals surface area contributed by atoms with Crippen molar-refractivity contribution in [2.24, 2.45) is 0 Å². The van der Waals surface area contributed by atoms with Gasteiger partial charge >= 0.3 is 5.97 Å². The molecule has 0 bridgehead atoms. The number of ether oxygens (including phenoxy) is 1. The lowest BCUT2D eigenvalue weighted by Crippen LogP contribution is -2.45. The molecule has 0 amide bonds. The molecule has 0 aliphatic rings. The maximum Gasteiger partial charge on any atom is 0.325 e. The second kappa shape index (κ2) is 7.04. The van der Waals surface area contributed by atoms with Gasteiger partial charge in [-0.3, -0.25) is 10.1 Å². The molecule has 1 rings (SSSR count). The van der Waals surface area contributed by atoms with Gasteiger partial charge in [-0.05, 0) is 19.4 Å². The number of aliphatic hydroxyl groups is 1. The molecule has 0 spiro atoms. The van der Waals surface area contributed by atoms with Gasteiger partial charge in [0.2, 0.25) is 0 Å². The normalized spacial score (nSPS) is 14.1. The summed E-state index contributed by atoms with van der Waals surface area (Å²) in [6.07, 6.45) is -0.780. The van der Waals surface area contributed by atoms with Crippen molar-refractivity contribution in [2.75, 3.05) is 6.61 Å². The number of rotatable bonds is 6. The molecule has 2 N–H and O–H groups in total. The Morgan fingerprint density at radius 1 is 1.41 bits per heavy atom. The highest BCUT2D eigenvalue weighted by atomic mass is 16.5. The fraction of sp³-hybridized carbons (Fsp3) is 0.462. The third kappa shape index (κ3) is 4.54. The van der Waals surface area contributed by atoms with Crippen molar-refractivity contribution in [2.45, 2.75) is 32.5 Å². The van der Waals surface area contributed by atoms with Crippen LogP contribution in [0.2, 0.25) is 0 Å². The zero-order valence-electron chi connectivity index (χ0n) is 10.2. The summed E-state index contributed by atoms with van der Waals surface area (Å²) in [5.41, 5.74) is 1.06. The molecule has 4 heteroatoms. The largest absolute Gasteiger partial charge is 0.465 e. The molecule has 4 nitrogen and oxygen atoms in total. The van der Waals surface area contributed by atoms with E-state index in [-0.39, 0.29) is 0 Å². The summed E-state index contributed by atoms with van der Waals surface area (Å²) >= 11 is 0. The van der Waals surface area contributed by atoms with Crippen molar-refractivity contribution < 1.29 is 14.6 Å². The van der Waals surface area contributed by atoms with E-state index < -0.39 is 18.1 Å². The van der Waals surface area contributed by atoms with Crippen LogP contribution in [0.5, 0.6) is 0 Å². The third-order valence-electron chi connectivity index (χ3n) is 2.39. The maximum atomic E-state index is 11.6. The zero-order chi connectivity index (χ0) is 12.7. The van der Waals surface area contributed by atoms with E-state index in [1.165, 1.54) is 0 Å². The van der Waals surface area contributed by atoms with Crippen LogP contribution in [0.3, 0.4) is 0 Å². The van der Waals surface area contributed by atoms with Crippen molar-refractivity contribution in [3.05, 3.63) is 35.9 Å². The van der Waals surface area contributed by atoms with Crippen LogP contribution in [-0.4, -0.2) is 29.8 Å². The molecular weight excluding hydrogens is 218 g/mol. The van der Waals surface area contributed by atoms with Gasteiger partial charge in [0.15, 0.2) is 0 Å². The monoisotopic (exact) mass is 237 g/mol. The fourth-order valence-electron chi connectivity index (χ4n) is 1.51. The predicted molar refractivity (Wildman–Crippen MR) is 65.4 cm³/mol. The number of esters is 1.